The molecule has 0 aliphatic carbocycles. The van der Waals surface area contributed by atoms with E-state index >= 15 is 0 Å². The molecule has 3 aromatic rings. The Morgan fingerprint density at radius 1 is 1.22 bits per heavy atom. The molecule has 4 rings (SSSR count). The van der Waals surface area contributed by atoms with E-state index in [4.69, 9.17) is 0 Å². The molecule has 1 aromatic carbocycles. The molecule has 3 heterocycles. The Bertz CT molecular complexity index is 922. The van der Waals surface area contributed by atoms with Crippen molar-refractivity contribution in [3.63, 3.8) is 0 Å². The Labute approximate surface area is 129 Å². The summed E-state index contributed by atoms with van der Waals surface area (Å²) in [6, 6.07) is 5.19. The smallest absolute Gasteiger partial charge is 0.272 e. The number of amides is 1. The van der Waals surface area contributed by atoms with Crippen LogP contribution in [0.2, 0.25) is 0 Å². The number of rotatable bonds is 1. The normalized spacial score (nSPS) is 14.1. The molecule has 0 unspecified atom stereocenters. The molecule has 0 bridgehead atoms. The molecule has 1 aliphatic rings. The van der Waals surface area contributed by atoms with Gasteiger partial charge in [0.2, 0.25) is 0 Å². The van der Waals surface area contributed by atoms with Crippen LogP contribution in [0.3, 0.4) is 0 Å². The number of fused-ring (bicyclic) bond motifs is 2. The topological polar surface area (TPSA) is 61.9 Å². The molecule has 0 saturated carbocycles. The van der Waals surface area contributed by atoms with Gasteiger partial charge in [0.25, 0.3) is 5.91 Å². The van der Waals surface area contributed by atoms with Gasteiger partial charge >= 0.3 is 0 Å². The van der Waals surface area contributed by atoms with Gasteiger partial charge in [-0.2, -0.15) is 5.10 Å². The van der Waals surface area contributed by atoms with Crippen LogP contribution in [0.25, 0.3) is 10.9 Å². The lowest BCUT2D eigenvalue weighted by Gasteiger charge is -2.26. The Kier molecular flexibility index (Phi) is 3.07. The summed E-state index contributed by atoms with van der Waals surface area (Å²) in [5, 5.41) is 7.34. The van der Waals surface area contributed by atoms with E-state index in [9.17, 15) is 13.6 Å². The Hall–Kier alpha value is -2.83. The highest BCUT2D eigenvalue weighted by atomic mass is 19.2. The SMILES string of the molecule is O=C(c1ccc2cc(F)c(F)cc2n1)N1CCc2[nH]ncc2C1. The van der Waals surface area contributed by atoms with Crippen LogP contribution in [0.5, 0.6) is 0 Å². The molecule has 0 atom stereocenters. The fraction of sp³-hybridized carbons (Fsp3) is 0.188. The zero-order valence-corrected chi connectivity index (χ0v) is 12.0. The maximum Gasteiger partial charge on any atom is 0.272 e. The quantitative estimate of drug-likeness (QED) is 0.750. The van der Waals surface area contributed by atoms with Crippen LogP contribution in [0.4, 0.5) is 8.78 Å². The number of nitrogens with zero attached hydrogens (tertiary/aromatic N) is 3. The van der Waals surface area contributed by atoms with E-state index in [1.54, 1.807) is 17.2 Å². The van der Waals surface area contributed by atoms with Gasteiger partial charge in [0, 0.05) is 42.2 Å². The molecule has 2 aromatic heterocycles. The third-order valence-electron chi connectivity index (χ3n) is 4.04. The van der Waals surface area contributed by atoms with E-state index < -0.39 is 11.6 Å². The largest absolute Gasteiger partial charge is 0.332 e. The van der Waals surface area contributed by atoms with Crippen molar-refractivity contribution in [2.75, 3.05) is 6.54 Å². The van der Waals surface area contributed by atoms with Crippen molar-refractivity contribution in [3.05, 3.63) is 59.0 Å². The van der Waals surface area contributed by atoms with Crippen LogP contribution >= 0.6 is 0 Å². The molecule has 5 nitrogen and oxygen atoms in total. The minimum Gasteiger partial charge on any atom is -0.332 e. The number of carbonyl (C=O) groups is 1. The van der Waals surface area contributed by atoms with E-state index in [0.29, 0.717) is 24.9 Å². The van der Waals surface area contributed by atoms with Gasteiger partial charge in [0.15, 0.2) is 11.6 Å². The van der Waals surface area contributed by atoms with Crippen molar-refractivity contribution in [1.82, 2.24) is 20.1 Å². The highest BCUT2D eigenvalue weighted by Crippen LogP contribution is 2.20. The van der Waals surface area contributed by atoms with Crippen molar-refractivity contribution in [2.24, 2.45) is 0 Å². The predicted octanol–water partition coefficient (Wildman–Crippen LogP) is 2.43. The van der Waals surface area contributed by atoms with E-state index in [-0.39, 0.29) is 17.1 Å². The van der Waals surface area contributed by atoms with Crippen LogP contribution in [0.15, 0.2) is 30.5 Å². The number of aromatic nitrogens is 3. The molecule has 116 valence electrons. The highest BCUT2D eigenvalue weighted by molar-refractivity contribution is 5.95. The first kappa shape index (κ1) is 13.8. The van der Waals surface area contributed by atoms with E-state index in [2.05, 4.69) is 15.2 Å². The molecule has 1 amide bonds. The summed E-state index contributed by atoms with van der Waals surface area (Å²) >= 11 is 0. The third kappa shape index (κ3) is 2.34. The van der Waals surface area contributed by atoms with Gasteiger partial charge in [-0.25, -0.2) is 13.8 Å². The Balaban J connectivity index is 1.66. The fourth-order valence-corrected chi connectivity index (χ4v) is 2.79. The number of hydrogen-bond acceptors (Lipinski definition) is 3. The number of nitrogens with one attached hydrogen (secondary N) is 1. The van der Waals surface area contributed by atoms with Crippen LogP contribution < -0.4 is 0 Å². The van der Waals surface area contributed by atoms with Crippen LogP contribution in [-0.2, 0) is 13.0 Å². The molecule has 23 heavy (non-hydrogen) atoms. The Morgan fingerprint density at radius 3 is 2.91 bits per heavy atom. The summed E-state index contributed by atoms with van der Waals surface area (Å²) in [5.74, 6) is -2.14. The zero-order valence-electron chi connectivity index (χ0n) is 12.0. The molecule has 1 N–H and O–H groups in total. The summed E-state index contributed by atoms with van der Waals surface area (Å²) in [6.45, 7) is 1.02. The summed E-state index contributed by atoms with van der Waals surface area (Å²) < 4.78 is 26.6. The van der Waals surface area contributed by atoms with Gasteiger partial charge in [-0.1, -0.05) is 6.07 Å². The van der Waals surface area contributed by atoms with Gasteiger partial charge in [-0.3, -0.25) is 9.89 Å². The van der Waals surface area contributed by atoms with Crippen LogP contribution in [-0.4, -0.2) is 32.5 Å². The van der Waals surface area contributed by atoms with Crippen molar-refractivity contribution < 1.29 is 13.6 Å². The summed E-state index contributed by atoms with van der Waals surface area (Å²) in [6.07, 6.45) is 2.41. The minimum absolute atomic E-state index is 0.218. The lowest BCUT2D eigenvalue weighted by atomic mass is 10.1. The van der Waals surface area contributed by atoms with E-state index in [0.717, 1.165) is 23.4 Å². The van der Waals surface area contributed by atoms with E-state index in [1.807, 2.05) is 0 Å². The number of hydrogen-bond donors (Lipinski definition) is 1. The number of H-pyrrole nitrogens is 1. The van der Waals surface area contributed by atoms with Crippen molar-refractivity contribution >= 4 is 16.8 Å². The van der Waals surface area contributed by atoms with Crippen LogP contribution in [0.1, 0.15) is 21.7 Å². The molecule has 7 heteroatoms. The fourth-order valence-electron chi connectivity index (χ4n) is 2.79. The molecule has 0 fully saturated rings. The first-order valence-electron chi connectivity index (χ1n) is 7.18. The number of aromatic amines is 1. The van der Waals surface area contributed by atoms with Gasteiger partial charge in [-0.15, -0.1) is 0 Å². The highest BCUT2D eigenvalue weighted by Gasteiger charge is 2.24. The summed E-state index contributed by atoms with van der Waals surface area (Å²) in [5.41, 5.74) is 2.50. The average molecular weight is 314 g/mol. The standard InChI is InChI=1S/C16H12F2N4O/c17-11-5-9-1-2-14(20-15(9)6-12(11)18)16(23)22-4-3-13-10(8-22)7-19-21-13/h1-2,5-7H,3-4,8H2,(H,19,21). The van der Waals surface area contributed by atoms with Crippen LogP contribution in [0, 0.1) is 11.6 Å². The third-order valence-corrected chi connectivity index (χ3v) is 4.04. The average Bonchev–Trinajstić information content (AvgIpc) is 3.02. The van der Waals surface area contributed by atoms with E-state index in [1.165, 1.54) is 6.07 Å². The van der Waals surface area contributed by atoms with Gasteiger partial charge in [0.1, 0.15) is 5.69 Å². The van der Waals surface area contributed by atoms with Crippen molar-refractivity contribution in [2.45, 2.75) is 13.0 Å². The maximum atomic E-state index is 13.3. The summed E-state index contributed by atoms with van der Waals surface area (Å²) in [7, 11) is 0. The lowest BCUT2D eigenvalue weighted by molar-refractivity contribution is 0.0729. The predicted molar refractivity (Wildman–Crippen MR) is 78.7 cm³/mol. The number of halogens is 2. The lowest BCUT2D eigenvalue weighted by Crippen LogP contribution is -2.36. The first-order chi connectivity index (χ1) is 11.1. The Morgan fingerprint density at radius 2 is 2.04 bits per heavy atom. The maximum absolute atomic E-state index is 13.3. The van der Waals surface area contributed by atoms with Crippen molar-refractivity contribution in [3.8, 4) is 0 Å². The van der Waals surface area contributed by atoms with Gasteiger partial charge in [0.05, 0.1) is 11.7 Å². The minimum atomic E-state index is -0.976. The molecular formula is C16H12F2N4O. The number of benzene rings is 1. The number of carbonyl (C=O) groups excluding carboxylic acids is 1. The second-order valence-electron chi connectivity index (χ2n) is 5.51. The second kappa shape index (κ2) is 5.12. The number of pyridine rings is 1. The van der Waals surface area contributed by atoms with Gasteiger partial charge < -0.3 is 4.90 Å². The molecule has 0 spiro atoms. The monoisotopic (exact) mass is 314 g/mol. The zero-order chi connectivity index (χ0) is 16.0. The second-order valence-corrected chi connectivity index (χ2v) is 5.51. The molecular weight excluding hydrogens is 302 g/mol. The summed E-state index contributed by atoms with van der Waals surface area (Å²) in [4.78, 5) is 18.4. The molecule has 0 radical (unpaired) electrons. The van der Waals surface area contributed by atoms with Gasteiger partial charge in [-0.05, 0) is 12.1 Å². The van der Waals surface area contributed by atoms with Crippen molar-refractivity contribution in [1.29, 1.82) is 0 Å². The first-order valence-corrected chi connectivity index (χ1v) is 7.18. The molecule has 0 saturated heterocycles. The molecule has 1 aliphatic heterocycles.